The average molecular weight is 579 g/mol. The van der Waals surface area contributed by atoms with Crippen molar-refractivity contribution in [1.29, 1.82) is 0 Å². The fourth-order valence-corrected chi connectivity index (χ4v) is 5.62. The van der Waals surface area contributed by atoms with Crippen LogP contribution in [-0.4, -0.2) is 53.9 Å². The molecule has 2 heterocycles. The molecular weight excluding hydrogens is 544 g/mol. The van der Waals surface area contributed by atoms with Gasteiger partial charge in [-0.25, -0.2) is 0 Å². The Bertz CT molecular complexity index is 1660. The summed E-state index contributed by atoms with van der Waals surface area (Å²) in [6.45, 7) is 9.33. The van der Waals surface area contributed by atoms with E-state index in [9.17, 15) is 4.79 Å². The lowest BCUT2D eigenvalue weighted by molar-refractivity contribution is 0.102. The van der Waals surface area contributed by atoms with Gasteiger partial charge in [-0.15, -0.1) is 0 Å². The molecule has 7 heteroatoms. The molecule has 0 atom stereocenters. The first-order valence-electron chi connectivity index (χ1n) is 14.4. The van der Waals surface area contributed by atoms with Gasteiger partial charge in [0.2, 0.25) is 0 Å². The Hall–Kier alpha value is -3.97. The molecule has 0 saturated carbocycles. The number of anilines is 1. The third kappa shape index (κ3) is 6.26. The normalized spacial score (nSPS) is 15.0. The van der Waals surface area contributed by atoms with Gasteiger partial charge >= 0.3 is 0 Å². The summed E-state index contributed by atoms with van der Waals surface area (Å²) in [6, 6.07) is 21.4. The van der Waals surface area contributed by atoms with E-state index in [1.54, 1.807) is 0 Å². The molecule has 0 bridgehead atoms. The van der Waals surface area contributed by atoms with Gasteiger partial charge in [0.25, 0.3) is 5.91 Å². The predicted octanol–water partition coefficient (Wildman–Crippen LogP) is 7.38. The topological polar surface area (TPSA) is 57.7 Å². The molecule has 42 heavy (non-hydrogen) atoms. The van der Waals surface area contributed by atoms with Crippen LogP contribution in [0.3, 0.4) is 0 Å². The largest absolute Gasteiger partial charge is 0.457 e. The molecule has 0 radical (unpaired) electrons. The van der Waals surface area contributed by atoms with Crippen molar-refractivity contribution in [3.63, 3.8) is 0 Å². The summed E-state index contributed by atoms with van der Waals surface area (Å²) in [6.07, 6.45) is 4.88. The van der Waals surface area contributed by atoms with Crippen LogP contribution in [0.4, 0.5) is 5.69 Å². The van der Waals surface area contributed by atoms with Gasteiger partial charge in [0, 0.05) is 72.6 Å². The second-order valence-corrected chi connectivity index (χ2v) is 11.7. The number of nitrogens with one attached hydrogen (secondary N) is 1. The lowest BCUT2D eigenvalue weighted by Crippen LogP contribution is -2.43. The maximum atomic E-state index is 13.4. The van der Waals surface area contributed by atoms with Crippen LogP contribution in [0.5, 0.6) is 11.5 Å². The molecular formula is C35H35ClN4O2. The number of likely N-dealkylation sites (N-methyl/N-ethyl adjacent to an activating group) is 1. The zero-order valence-corrected chi connectivity index (χ0v) is 25.0. The molecule has 0 spiro atoms. The quantitative estimate of drug-likeness (QED) is 0.248. The predicted molar refractivity (Wildman–Crippen MR) is 171 cm³/mol. The van der Waals surface area contributed by atoms with E-state index >= 15 is 0 Å². The zero-order chi connectivity index (χ0) is 29.2. The third-order valence-electron chi connectivity index (χ3n) is 8.11. The highest BCUT2D eigenvalue weighted by Crippen LogP contribution is 2.36. The first-order chi connectivity index (χ1) is 20.3. The number of benzene rings is 3. The number of carbonyl (C=O) groups excluding carboxylic acids is 1. The summed E-state index contributed by atoms with van der Waals surface area (Å²) in [5, 5.41) is 3.78. The van der Waals surface area contributed by atoms with Crippen LogP contribution in [0.2, 0.25) is 5.02 Å². The summed E-state index contributed by atoms with van der Waals surface area (Å²) >= 11 is 6.10. The van der Waals surface area contributed by atoms with Gasteiger partial charge in [-0.2, -0.15) is 0 Å². The second kappa shape index (κ2) is 12.1. The Morgan fingerprint density at radius 3 is 2.50 bits per heavy atom. The molecule has 6 rings (SSSR count). The van der Waals surface area contributed by atoms with Crippen molar-refractivity contribution < 1.29 is 9.53 Å². The van der Waals surface area contributed by atoms with Gasteiger partial charge in [-0.1, -0.05) is 48.0 Å². The number of amides is 1. The number of halogens is 1. The molecule has 1 fully saturated rings. The molecule has 1 amide bonds. The lowest BCUT2D eigenvalue weighted by atomic mass is 10.1. The number of aryl methyl sites for hydroxylation is 2. The Kier molecular flexibility index (Phi) is 8.11. The van der Waals surface area contributed by atoms with Crippen LogP contribution in [-0.2, 0) is 13.0 Å². The number of fused-ring (bicyclic) bond motifs is 1. The van der Waals surface area contributed by atoms with Gasteiger partial charge < -0.3 is 15.0 Å². The van der Waals surface area contributed by atoms with E-state index in [-0.39, 0.29) is 5.91 Å². The number of hydrogen-bond donors (Lipinski definition) is 1. The van der Waals surface area contributed by atoms with Gasteiger partial charge in [-0.3, -0.25) is 14.7 Å². The third-order valence-corrected chi connectivity index (χ3v) is 8.36. The number of allylic oxidation sites excluding steroid dienone is 1. The number of rotatable bonds is 7. The molecule has 0 unspecified atom stereocenters. The molecule has 1 aliphatic heterocycles. The SMILES string of the molecule is Cc1cc(NC(=O)c2cc(Oc3cc(-c4ccc(Cl)cc4)nc4c3C=CC4)ccc2C)ccc1CN1CCN(C)CC1. The Morgan fingerprint density at radius 2 is 1.74 bits per heavy atom. The number of carbonyl (C=O) groups is 1. The lowest BCUT2D eigenvalue weighted by Gasteiger charge is -2.32. The minimum absolute atomic E-state index is 0.161. The molecule has 2 aliphatic rings. The molecule has 1 N–H and O–H groups in total. The van der Waals surface area contributed by atoms with Crippen LogP contribution in [0.25, 0.3) is 17.3 Å². The van der Waals surface area contributed by atoms with Crippen LogP contribution in [0.1, 0.15) is 38.3 Å². The average Bonchev–Trinajstić information content (AvgIpc) is 3.46. The Labute approximate surface area is 252 Å². The van der Waals surface area contributed by atoms with Crippen LogP contribution in [0.15, 0.2) is 72.8 Å². The fraction of sp³-hybridized carbons (Fsp3) is 0.257. The standard InChI is InChI=1S/C35H35ClN4O2/c1-23-7-14-29(42-34-21-33(25-8-11-27(36)12-9-25)38-32-6-4-5-30(32)34)20-31(23)35(41)37-28-13-10-26(24(2)19-28)22-40-17-15-39(3)16-18-40/h4-5,7-14,19-21H,6,15-18,22H2,1-3H3,(H,37,41). The summed E-state index contributed by atoms with van der Waals surface area (Å²) in [7, 11) is 2.17. The van der Waals surface area contributed by atoms with Crippen molar-refractivity contribution in [2.45, 2.75) is 26.8 Å². The summed E-state index contributed by atoms with van der Waals surface area (Å²) in [5.74, 6) is 1.14. The minimum Gasteiger partial charge on any atom is -0.457 e. The van der Waals surface area contributed by atoms with E-state index in [1.165, 1.54) is 11.1 Å². The van der Waals surface area contributed by atoms with E-state index in [0.29, 0.717) is 22.1 Å². The van der Waals surface area contributed by atoms with Crippen molar-refractivity contribution >= 4 is 29.3 Å². The van der Waals surface area contributed by atoms with Crippen LogP contribution >= 0.6 is 11.6 Å². The maximum absolute atomic E-state index is 13.4. The number of pyridine rings is 1. The second-order valence-electron chi connectivity index (χ2n) is 11.2. The molecule has 6 nitrogen and oxygen atoms in total. The molecule has 1 aromatic heterocycles. The van der Waals surface area contributed by atoms with Crippen molar-refractivity contribution in [1.82, 2.24) is 14.8 Å². The minimum atomic E-state index is -0.161. The maximum Gasteiger partial charge on any atom is 0.256 e. The zero-order valence-electron chi connectivity index (χ0n) is 24.3. The van der Waals surface area contributed by atoms with Crippen molar-refractivity contribution in [3.05, 3.63) is 111 Å². The molecule has 214 valence electrons. The van der Waals surface area contributed by atoms with Crippen molar-refractivity contribution in [3.8, 4) is 22.8 Å². The van der Waals surface area contributed by atoms with E-state index in [0.717, 1.165) is 72.9 Å². The van der Waals surface area contributed by atoms with Gasteiger partial charge in [-0.05, 0) is 74.0 Å². The first-order valence-corrected chi connectivity index (χ1v) is 14.8. The number of nitrogens with zero attached hydrogens (tertiary/aromatic N) is 3. The number of piperazine rings is 1. The fourth-order valence-electron chi connectivity index (χ4n) is 5.49. The highest BCUT2D eigenvalue weighted by Gasteiger charge is 2.19. The van der Waals surface area contributed by atoms with Crippen molar-refractivity contribution in [2.24, 2.45) is 0 Å². The number of hydrogen-bond acceptors (Lipinski definition) is 5. The summed E-state index contributed by atoms with van der Waals surface area (Å²) in [5.41, 5.74) is 8.43. The van der Waals surface area contributed by atoms with E-state index < -0.39 is 0 Å². The van der Waals surface area contributed by atoms with E-state index in [4.69, 9.17) is 21.3 Å². The van der Waals surface area contributed by atoms with Crippen LogP contribution in [0, 0.1) is 13.8 Å². The van der Waals surface area contributed by atoms with Gasteiger partial charge in [0.1, 0.15) is 11.5 Å². The molecule has 1 saturated heterocycles. The Balaban J connectivity index is 1.19. The number of aromatic nitrogens is 1. The molecule has 4 aromatic rings. The Morgan fingerprint density at radius 1 is 0.952 bits per heavy atom. The number of ether oxygens (including phenoxy) is 1. The summed E-state index contributed by atoms with van der Waals surface area (Å²) < 4.78 is 6.41. The van der Waals surface area contributed by atoms with Gasteiger partial charge in [0.15, 0.2) is 0 Å². The monoisotopic (exact) mass is 578 g/mol. The van der Waals surface area contributed by atoms with Crippen molar-refractivity contribution in [2.75, 3.05) is 38.5 Å². The van der Waals surface area contributed by atoms with Gasteiger partial charge in [0.05, 0.1) is 11.4 Å². The molecule has 1 aliphatic carbocycles. The van der Waals surface area contributed by atoms with E-state index in [1.807, 2.05) is 67.6 Å². The summed E-state index contributed by atoms with van der Waals surface area (Å²) in [4.78, 5) is 23.1. The molecule has 3 aromatic carbocycles. The first kappa shape index (κ1) is 28.2. The smallest absolute Gasteiger partial charge is 0.256 e. The highest BCUT2D eigenvalue weighted by molar-refractivity contribution is 6.30. The van der Waals surface area contributed by atoms with E-state index in [2.05, 4.69) is 47.3 Å². The highest BCUT2D eigenvalue weighted by atomic mass is 35.5. The van der Waals surface area contributed by atoms with Crippen LogP contribution < -0.4 is 10.1 Å².